The number of nitrogens with one attached hydrogen (secondary N) is 1. The Kier molecular flexibility index (Phi) is 5.66. The Morgan fingerprint density at radius 1 is 1.56 bits per heavy atom. The molecule has 0 aromatic heterocycles. The summed E-state index contributed by atoms with van der Waals surface area (Å²) in [5, 5.41) is 15.4. The van der Waals surface area contributed by atoms with Crippen molar-refractivity contribution in [3.05, 3.63) is 29.3 Å². The second kappa shape index (κ2) is 7.29. The molecule has 0 radical (unpaired) electrons. The molecule has 7 heteroatoms. The van der Waals surface area contributed by atoms with Crippen LogP contribution in [-0.2, 0) is 9.53 Å². The first-order chi connectivity index (χ1) is 8.69. The van der Waals surface area contributed by atoms with Crippen LogP contribution in [-0.4, -0.2) is 29.7 Å². The van der Waals surface area contributed by atoms with Gasteiger partial charge in [0.1, 0.15) is 6.21 Å². The number of rotatable bonds is 5. The summed E-state index contributed by atoms with van der Waals surface area (Å²) in [5.74, 6) is -0.699. The molecule has 1 aromatic rings. The summed E-state index contributed by atoms with van der Waals surface area (Å²) < 4.78 is 4.73. The van der Waals surface area contributed by atoms with Crippen molar-refractivity contribution < 1.29 is 14.7 Å². The number of oxime groups is 1. The topological polar surface area (TPSA) is 83.3 Å². The van der Waals surface area contributed by atoms with Gasteiger partial charge in [-0.05, 0) is 19.1 Å². The molecule has 0 amide bonds. The van der Waals surface area contributed by atoms with Gasteiger partial charge in [0.05, 0.1) is 17.3 Å². The molecule has 0 bridgehead atoms. The lowest BCUT2D eigenvalue weighted by atomic mass is 10.3. The Bertz CT molecular complexity index is 474. The van der Waals surface area contributed by atoms with Crippen molar-refractivity contribution in [1.82, 2.24) is 0 Å². The lowest BCUT2D eigenvalue weighted by Crippen LogP contribution is -2.20. The summed E-state index contributed by atoms with van der Waals surface area (Å²) in [4.78, 5) is 11.4. The van der Waals surface area contributed by atoms with Gasteiger partial charge in [-0.25, -0.2) is 4.79 Å². The summed E-state index contributed by atoms with van der Waals surface area (Å²) in [6.45, 7) is 1.86. The van der Waals surface area contributed by atoms with E-state index in [2.05, 4.69) is 15.7 Å². The summed E-state index contributed by atoms with van der Waals surface area (Å²) in [6, 6.07) is 6.88. The molecule has 96 valence electrons. The van der Waals surface area contributed by atoms with Gasteiger partial charge in [0.2, 0.25) is 0 Å². The minimum absolute atomic E-state index is 0.167. The van der Waals surface area contributed by atoms with Gasteiger partial charge in [-0.3, -0.25) is 5.43 Å². The summed E-state index contributed by atoms with van der Waals surface area (Å²) in [5.41, 5.74) is 2.94. The average Bonchev–Trinajstić information content (AvgIpc) is 2.36. The van der Waals surface area contributed by atoms with Crippen LogP contribution >= 0.6 is 11.6 Å². The van der Waals surface area contributed by atoms with E-state index in [1.807, 2.05) is 0 Å². The number of para-hydroxylation sites is 1. The van der Waals surface area contributed by atoms with Gasteiger partial charge in [-0.15, -0.1) is 0 Å². The lowest BCUT2D eigenvalue weighted by Gasteiger charge is -2.04. The molecule has 2 N–H and O–H groups in total. The number of esters is 1. The van der Waals surface area contributed by atoms with Crippen molar-refractivity contribution >= 4 is 35.2 Å². The third kappa shape index (κ3) is 4.06. The standard InChI is InChI=1S/C11H12ClN3O3/c1-2-18-11(16)10(7-13-17)15-14-9-6-4-3-5-8(9)12/h3-7,14,17H,2H2,1H3/b13-7+,15-10-. The highest BCUT2D eigenvalue weighted by Crippen LogP contribution is 2.20. The molecule has 0 aliphatic carbocycles. The number of ether oxygens (including phenoxy) is 1. The van der Waals surface area contributed by atoms with Crippen molar-refractivity contribution in [1.29, 1.82) is 0 Å². The van der Waals surface area contributed by atoms with Gasteiger partial charge >= 0.3 is 5.97 Å². The largest absolute Gasteiger partial charge is 0.461 e. The molecule has 0 spiro atoms. The molecular formula is C11H12ClN3O3. The van der Waals surface area contributed by atoms with E-state index < -0.39 is 5.97 Å². The summed E-state index contributed by atoms with van der Waals surface area (Å²) >= 11 is 5.89. The number of carbonyl (C=O) groups is 1. The number of hydrogen-bond acceptors (Lipinski definition) is 6. The molecule has 0 aliphatic heterocycles. The van der Waals surface area contributed by atoms with Crippen LogP contribution in [0.2, 0.25) is 5.02 Å². The summed E-state index contributed by atoms with van der Waals surface area (Å²) in [6.07, 6.45) is 0.877. The van der Waals surface area contributed by atoms with Gasteiger partial charge in [-0.2, -0.15) is 5.10 Å². The quantitative estimate of drug-likeness (QED) is 0.371. The number of hydrazone groups is 1. The smallest absolute Gasteiger partial charge is 0.360 e. The third-order valence-corrected chi connectivity index (χ3v) is 2.16. The predicted molar refractivity (Wildman–Crippen MR) is 69.4 cm³/mol. The van der Waals surface area contributed by atoms with E-state index in [1.54, 1.807) is 31.2 Å². The number of anilines is 1. The second-order valence-corrected chi connectivity index (χ2v) is 3.46. The molecule has 0 saturated heterocycles. The highest BCUT2D eigenvalue weighted by molar-refractivity contribution is 6.59. The summed E-state index contributed by atoms with van der Waals surface area (Å²) in [7, 11) is 0. The van der Waals surface area contributed by atoms with Crippen LogP contribution in [0.5, 0.6) is 0 Å². The Labute approximate surface area is 109 Å². The molecule has 0 atom stereocenters. The Balaban J connectivity index is 2.84. The predicted octanol–water partition coefficient (Wildman–Crippen LogP) is 2.13. The van der Waals surface area contributed by atoms with Gasteiger partial charge in [0, 0.05) is 0 Å². The van der Waals surface area contributed by atoms with E-state index in [0.29, 0.717) is 10.7 Å². The van der Waals surface area contributed by atoms with E-state index in [-0.39, 0.29) is 12.3 Å². The fraction of sp³-hybridized carbons (Fsp3) is 0.182. The number of hydrogen-bond donors (Lipinski definition) is 2. The first-order valence-electron chi connectivity index (χ1n) is 5.11. The van der Waals surface area contributed by atoms with Crippen molar-refractivity contribution in [2.24, 2.45) is 10.3 Å². The molecule has 0 saturated carbocycles. The maximum absolute atomic E-state index is 11.4. The van der Waals surface area contributed by atoms with Crippen LogP contribution in [0.25, 0.3) is 0 Å². The third-order valence-electron chi connectivity index (χ3n) is 1.84. The molecule has 18 heavy (non-hydrogen) atoms. The highest BCUT2D eigenvalue weighted by atomic mass is 35.5. The van der Waals surface area contributed by atoms with E-state index in [9.17, 15) is 4.79 Å². The number of nitrogens with zero attached hydrogens (tertiary/aromatic N) is 2. The Morgan fingerprint density at radius 2 is 2.28 bits per heavy atom. The maximum Gasteiger partial charge on any atom is 0.360 e. The SMILES string of the molecule is CCOC(=O)C(/C=N/O)=N\Nc1ccccc1Cl. The van der Waals surface area contributed by atoms with Crippen LogP contribution in [0.3, 0.4) is 0 Å². The monoisotopic (exact) mass is 269 g/mol. The second-order valence-electron chi connectivity index (χ2n) is 3.05. The Hall–Kier alpha value is -2.08. The molecule has 0 fully saturated rings. The first-order valence-corrected chi connectivity index (χ1v) is 5.49. The molecule has 0 heterocycles. The minimum Gasteiger partial charge on any atom is -0.461 e. The zero-order valence-corrected chi connectivity index (χ0v) is 10.4. The number of benzene rings is 1. The molecule has 6 nitrogen and oxygen atoms in total. The van der Waals surface area contributed by atoms with Gasteiger partial charge in [0.25, 0.3) is 0 Å². The maximum atomic E-state index is 11.4. The Morgan fingerprint density at radius 3 is 2.89 bits per heavy atom. The van der Waals surface area contributed by atoms with Crippen LogP contribution < -0.4 is 5.43 Å². The van der Waals surface area contributed by atoms with Gasteiger partial charge in [-0.1, -0.05) is 28.9 Å². The molecule has 0 unspecified atom stereocenters. The zero-order chi connectivity index (χ0) is 13.4. The van der Waals surface area contributed by atoms with Crippen LogP contribution in [0, 0.1) is 0 Å². The van der Waals surface area contributed by atoms with Crippen LogP contribution in [0.15, 0.2) is 34.5 Å². The fourth-order valence-electron chi connectivity index (χ4n) is 1.06. The molecule has 0 aliphatic rings. The lowest BCUT2D eigenvalue weighted by molar-refractivity contribution is -0.134. The van der Waals surface area contributed by atoms with E-state index in [1.165, 1.54) is 0 Å². The van der Waals surface area contributed by atoms with Gasteiger partial charge < -0.3 is 9.94 Å². The fourth-order valence-corrected chi connectivity index (χ4v) is 1.24. The number of halogens is 1. The van der Waals surface area contributed by atoms with Crippen molar-refractivity contribution in [3.63, 3.8) is 0 Å². The van der Waals surface area contributed by atoms with Crippen molar-refractivity contribution in [3.8, 4) is 0 Å². The molecule has 1 rings (SSSR count). The van der Waals surface area contributed by atoms with Crippen LogP contribution in [0.4, 0.5) is 5.69 Å². The first kappa shape index (κ1) is 14.0. The van der Waals surface area contributed by atoms with E-state index in [4.69, 9.17) is 21.5 Å². The average molecular weight is 270 g/mol. The molecular weight excluding hydrogens is 258 g/mol. The number of carbonyl (C=O) groups excluding carboxylic acids is 1. The highest BCUT2D eigenvalue weighted by Gasteiger charge is 2.10. The van der Waals surface area contributed by atoms with E-state index in [0.717, 1.165) is 6.21 Å². The van der Waals surface area contributed by atoms with Crippen LogP contribution in [0.1, 0.15) is 6.92 Å². The van der Waals surface area contributed by atoms with E-state index >= 15 is 0 Å². The normalized spacial score (nSPS) is 11.6. The minimum atomic E-state index is -0.699. The van der Waals surface area contributed by atoms with Crippen molar-refractivity contribution in [2.75, 3.05) is 12.0 Å². The zero-order valence-electron chi connectivity index (χ0n) is 9.63. The van der Waals surface area contributed by atoms with Gasteiger partial charge in [0.15, 0.2) is 5.71 Å². The van der Waals surface area contributed by atoms with Crippen molar-refractivity contribution in [2.45, 2.75) is 6.92 Å². The molecule has 1 aromatic carbocycles.